The van der Waals surface area contributed by atoms with Crippen LogP contribution in [0.4, 0.5) is 5.82 Å². The molecule has 7 nitrogen and oxygen atoms in total. The van der Waals surface area contributed by atoms with E-state index in [1.165, 1.54) is 0 Å². The van der Waals surface area contributed by atoms with Crippen molar-refractivity contribution in [3.8, 4) is 5.88 Å². The Morgan fingerprint density at radius 1 is 1.32 bits per heavy atom. The van der Waals surface area contributed by atoms with Crippen molar-refractivity contribution in [3.63, 3.8) is 0 Å². The molecule has 102 valence electrons. The first kappa shape index (κ1) is 13.3. The zero-order valence-electron chi connectivity index (χ0n) is 11.3. The van der Waals surface area contributed by atoms with Gasteiger partial charge in [-0.3, -0.25) is 0 Å². The lowest BCUT2D eigenvalue weighted by atomic mass is 10.3. The van der Waals surface area contributed by atoms with Crippen LogP contribution in [0.1, 0.15) is 25.1 Å². The van der Waals surface area contributed by atoms with E-state index in [2.05, 4.69) is 27.0 Å². The Kier molecular flexibility index (Phi) is 4.27. The molecule has 0 radical (unpaired) electrons. The number of nitrogens with zero attached hydrogens (tertiary/aromatic N) is 5. The van der Waals surface area contributed by atoms with Crippen LogP contribution >= 0.6 is 0 Å². The minimum atomic E-state index is 0.474. The summed E-state index contributed by atoms with van der Waals surface area (Å²) >= 11 is 0. The number of methoxy groups -OCH3 is 1. The smallest absolute Gasteiger partial charge is 0.257 e. The second kappa shape index (κ2) is 6.12. The zero-order valence-corrected chi connectivity index (χ0v) is 11.3. The normalized spacial score (nSPS) is 10.5. The third kappa shape index (κ3) is 3.18. The van der Waals surface area contributed by atoms with E-state index in [1.807, 2.05) is 11.9 Å². The Hall–Kier alpha value is -2.18. The predicted molar refractivity (Wildman–Crippen MR) is 69.0 cm³/mol. The van der Waals surface area contributed by atoms with Crippen LogP contribution in [0.15, 0.2) is 16.9 Å². The molecule has 0 aliphatic carbocycles. The standard InChI is InChI=1S/C12H17N5O2/c1-4-5-10-15-9(16-19-10)8-17(2)11-12(18-3)14-7-6-13-11/h6-7H,4-5,8H2,1-3H3. The average molecular weight is 263 g/mol. The maximum Gasteiger partial charge on any atom is 0.257 e. The van der Waals surface area contributed by atoms with Gasteiger partial charge in [0.1, 0.15) is 0 Å². The van der Waals surface area contributed by atoms with E-state index in [-0.39, 0.29) is 0 Å². The molecule has 0 atom stereocenters. The van der Waals surface area contributed by atoms with Gasteiger partial charge in [-0.25, -0.2) is 9.97 Å². The molecule has 2 heterocycles. The molecule has 0 saturated carbocycles. The van der Waals surface area contributed by atoms with Crippen molar-refractivity contribution >= 4 is 5.82 Å². The van der Waals surface area contributed by atoms with E-state index < -0.39 is 0 Å². The number of anilines is 1. The van der Waals surface area contributed by atoms with Gasteiger partial charge in [-0.15, -0.1) is 0 Å². The molecule has 0 aliphatic heterocycles. The summed E-state index contributed by atoms with van der Waals surface area (Å²) in [5, 5.41) is 3.94. The Balaban J connectivity index is 2.09. The van der Waals surface area contributed by atoms with Crippen LogP contribution < -0.4 is 9.64 Å². The van der Waals surface area contributed by atoms with E-state index in [0.29, 0.717) is 30.0 Å². The van der Waals surface area contributed by atoms with Crippen LogP contribution in [0.25, 0.3) is 0 Å². The third-order valence-electron chi connectivity index (χ3n) is 2.55. The number of ether oxygens (including phenoxy) is 1. The van der Waals surface area contributed by atoms with Crippen LogP contribution in [0, 0.1) is 0 Å². The molecule has 7 heteroatoms. The molecule has 0 bridgehead atoms. The van der Waals surface area contributed by atoms with Gasteiger partial charge < -0.3 is 14.2 Å². The number of aromatic nitrogens is 4. The SMILES string of the molecule is CCCc1nc(CN(C)c2nccnc2OC)no1. The maximum atomic E-state index is 5.17. The van der Waals surface area contributed by atoms with Crippen LogP contribution in [0.5, 0.6) is 5.88 Å². The summed E-state index contributed by atoms with van der Waals surface area (Å²) in [5.74, 6) is 2.41. The summed E-state index contributed by atoms with van der Waals surface area (Å²) in [6.45, 7) is 2.56. The van der Waals surface area contributed by atoms with Gasteiger partial charge in [-0.1, -0.05) is 12.1 Å². The fourth-order valence-electron chi connectivity index (χ4n) is 1.68. The van der Waals surface area contributed by atoms with Crippen LogP contribution in [-0.4, -0.2) is 34.3 Å². The van der Waals surface area contributed by atoms with Crippen LogP contribution in [0.3, 0.4) is 0 Å². The van der Waals surface area contributed by atoms with Gasteiger partial charge in [0.05, 0.1) is 13.7 Å². The Bertz CT molecular complexity index is 528. The van der Waals surface area contributed by atoms with Gasteiger partial charge in [0, 0.05) is 25.9 Å². The molecule has 2 aromatic rings. The minimum Gasteiger partial charge on any atom is -0.478 e. The fraction of sp³-hybridized carbons (Fsp3) is 0.500. The molecule has 0 spiro atoms. The molecule has 2 rings (SSSR count). The average Bonchev–Trinajstić information content (AvgIpc) is 2.86. The molecule has 2 aromatic heterocycles. The fourth-order valence-corrected chi connectivity index (χ4v) is 1.68. The molecule has 0 N–H and O–H groups in total. The van der Waals surface area contributed by atoms with Gasteiger partial charge in [0.2, 0.25) is 5.89 Å². The second-order valence-electron chi connectivity index (χ2n) is 4.10. The summed E-state index contributed by atoms with van der Waals surface area (Å²) in [4.78, 5) is 14.5. The Labute approximate surface area is 111 Å². The maximum absolute atomic E-state index is 5.17. The van der Waals surface area contributed by atoms with E-state index >= 15 is 0 Å². The number of hydrogen-bond acceptors (Lipinski definition) is 7. The molecule has 0 amide bonds. The highest BCUT2D eigenvalue weighted by Crippen LogP contribution is 2.21. The third-order valence-corrected chi connectivity index (χ3v) is 2.55. The molecule has 0 aliphatic rings. The van der Waals surface area contributed by atoms with E-state index in [1.54, 1.807) is 19.5 Å². The largest absolute Gasteiger partial charge is 0.478 e. The highest BCUT2D eigenvalue weighted by atomic mass is 16.5. The molecular formula is C12H17N5O2. The lowest BCUT2D eigenvalue weighted by Crippen LogP contribution is -2.19. The molecule has 0 fully saturated rings. The first-order valence-electron chi connectivity index (χ1n) is 6.12. The van der Waals surface area contributed by atoms with Gasteiger partial charge in [0.25, 0.3) is 5.88 Å². The van der Waals surface area contributed by atoms with Crippen molar-refractivity contribution in [2.45, 2.75) is 26.3 Å². The number of rotatable bonds is 6. The van der Waals surface area contributed by atoms with E-state index in [9.17, 15) is 0 Å². The van der Waals surface area contributed by atoms with Crippen LogP contribution in [0.2, 0.25) is 0 Å². The quantitative estimate of drug-likeness (QED) is 0.780. The molecule has 0 saturated heterocycles. The van der Waals surface area contributed by atoms with Crippen molar-refractivity contribution in [2.75, 3.05) is 19.1 Å². The first-order chi connectivity index (χ1) is 9.24. The van der Waals surface area contributed by atoms with Gasteiger partial charge in [-0.05, 0) is 6.42 Å². The summed E-state index contributed by atoms with van der Waals surface area (Å²) in [6, 6.07) is 0. The van der Waals surface area contributed by atoms with Gasteiger partial charge in [-0.2, -0.15) is 4.98 Å². The van der Waals surface area contributed by atoms with Gasteiger partial charge >= 0.3 is 0 Å². The summed E-state index contributed by atoms with van der Waals surface area (Å²) in [6.07, 6.45) is 4.98. The topological polar surface area (TPSA) is 77.2 Å². The second-order valence-corrected chi connectivity index (χ2v) is 4.10. The highest BCUT2D eigenvalue weighted by molar-refractivity contribution is 5.46. The van der Waals surface area contributed by atoms with Crippen LogP contribution in [-0.2, 0) is 13.0 Å². The molecule has 0 aromatic carbocycles. The predicted octanol–water partition coefficient (Wildman–Crippen LogP) is 1.46. The lowest BCUT2D eigenvalue weighted by molar-refractivity contribution is 0.371. The number of hydrogen-bond donors (Lipinski definition) is 0. The van der Waals surface area contributed by atoms with E-state index in [0.717, 1.165) is 12.8 Å². The Morgan fingerprint density at radius 2 is 2.11 bits per heavy atom. The molecular weight excluding hydrogens is 246 g/mol. The number of aryl methyl sites for hydroxylation is 1. The first-order valence-corrected chi connectivity index (χ1v) is 6.12. The van der Waals surface area contributed by atoms with Crippen molar-refractivity contribution in [1.82, 2.24) is 20.1 Å². The summed E-state index contributed by atoms with van der Waals surface area (Å²) in [5.41, 5.74) is 0. The highest BCUT2D eigenvalue weighted by Gasteiger charge is 2.14. The molecule has 0 unspecified atom stereocenters. The van der Waals surface area contributed by atoms with E-state index in [4.69, 9.17) is 9.26 Å². The monoisotopic (exact) mass is 263 g/mol. The zero-order chi connectivity index (χ0) is 13.7. The van der Waals surface area contributed by atoms with Gasteiger partial charge in [0.15, 0.2) is 11.6 Å². The van der Waals surface area contributed by atoms with Crippen molar-refractivity contribution in [3.05, 3.63) is 24.1 Å². The van der Waals surface area contributed by atoms with Crippen molar-refractivity contribution < 1.29 is 9.26 Å². The van der Waals surface area contributed by atoms with Crippen molar-refractivity contribution in [2.24, 2.45) is 0 Å². The minimum absolute atomic E-state index is 0.474. The van der Waals surface area contributed by atoms with Crippen molar-refractivity contribution in [1.29, 1.82) is 0 Å². The summed E-state index contributed by atoms with van der Waals surface area (Å²) < 4.78 is 10.3. The Morgan fingerprint density at radius 3 is 2.84 bits per heavy atom. The molecule has 19 heavy (non-hydrogen) atoms. The lowest BCUT2D eigenvalue weighted by Gasteiger charge is -2.17. The summed E-state index contributed by atoms with van der Waals surface area (Å²) in [7, 11) is 3.44.